The van der Waals surface area contributed by atoms with Crippen LogP contribution < -0.4 is 20.7 Å². The minimum atomic E-state index is -0.979. The first-order chi connectivity index (χ1) is 21.8. The third-order valence-corrected chi connectivity index (χ3v) is 8.69. The highest BCUT2D eigenvalue weighted by molar-refractivity contribution is 6.01. The number of halogens is 1. The van der Waals surface area contributed by atoms with Gasteiger partial charge in [0.05, 0.1) is 12.1 Å². The third kappa shape index (κ3) is 7.95. The van der Waals surface area contributed by atoms with Crippen molar-refractivity contribution in [1.29, 1.82) is 0 Å². The lowest BCUT2D eigenvalue weighted by Crippen LogP contribution is -2.50. The molecular formula is C37H45FN4O4. The number of nitrogens with zero attached hydrogens (tertiary/aromatic N) is 1. The van der Waals surface area contributed by atoms with Crippen molar-refractivity contribution in [3.63, 3.8) is 0 Å². The first-order valence-electron chi connectivity index (χ1n) is 15.9. The van der Waals surface area contributed by atoms with E-state index in [0.717, 1.165) is 12.8 Å². The van der Waals surface area contributed by atoms with Crippen LogP contribution in [-0.4, -0.2) is 67.8 Å². The Balaban J connectivity index is 1.43. The fourth-order valence-electron chi connectivity index (χ4n) is 5.70. The minimum absolute atomic E-state index is 0.0114. The number of amides is 2. The average Bonchev–Trinajstić information content (AvgIpc) is 3.82. The number of hydrogen-bond acceptors (Lipinski definition) is 6. The van der Waals surface area contributed by atoms with Gasteiger partial charge in [0.1, 0.15) is 6.61 Å². The van der Waals surface area contributed by atoms with E-state index in [1.165, 1.54) is 22.1 Å². The van der Waals surface area contributed by atoms with E-state index in [1.54, 1.807) is 50.5 Å². The van der Waals surface area contributed by atoms with Crippen LogP contribution in [0.15, 0.2) is 72.8 Å². The number of anilines is 1. The number of benzene rings is 3. The predicted molar refractivity (Wildman–Crippen MR) is 179 cm³/mol. The molecule has 1 heterocycles. The quantitative estimate of drug-likeness (QED) is 0.281. The Morgan fingerprint density at radius 3 is 2.61 bits per heavy atom. The topological polar surface area (TPSA) is 103 Å². The van der Waals surface area contributed by atoms with Crippen LogP contribution in [0.25, 0.3) is 0 Å². The standard InChI is InChI=1S/C37H45FN4O4/c1-36(2,3)27-9-8-10-28(22-27)37(13-14-37)40-23-32(43)31-17-24-11-12-30(38)33(18-24)46-16-7-6-15-39-29-20-25(34(44)41-31)19-26(21-29)35(45)42(4)5/h6-12,18-22,31-32,39-40,43H,13-17,23H2,1-5H3,(H,41,44)/b7-6-/t31-,32+/m0/s1. The summed E-state index contributed by atoms with van der Waals surface area (Å²) in [6.07, 6.45) is 4.75. The Bertz CT molecular complexity index is 1610. The van der Waals surface area contributed by atoms with Gasteiger partial charge in [-0.3, -0.25) is 9.59 Å². The summed E-state index contributed by atoms with van der Waals surface area (Å²) in [5.74, 6) is -1.05. The summed E-state index contributed by atoms with van der Waals surface area (Å²) in [6, 6.07) is 17.4. The molecule has 4 N–H and O–H groups in total. The third-order valence-electron chi connectivity index (χ3n) is 8.69. The maximum absolute atomic E-state index is 14.6. The number of carbonyl (C=O) groups excluding carboxylic acids is 2. The van der Waals surface area contributed by atoms with E-state index in [4.69, 9.17) is 4.74 Å². The van der Waals surface area contributed by atoms with Crippen molar-refractivity contribution < 1.29 is 23.8 Å². The lowest BCUT2D eigenvalue weighted by atomic mass is 9.85. The van der Waals surface area contributed by atoms with E-state index >= 15 is 0 Å². The number of rotatable bonds is 6. The first-order valence-corrected chi connectivity index (χ1v) is 15.9. The number of nitrogens with one attached hydrogen (secondary N) is 3. The molecule has 0 saturated heterocycles. The van der Waals surface area contributed by atoms with Gasteiger partial charge in [0, 0.05) is 49.5 Å². The summed E-state index contributed by atoms with van der Waals surface area (Å²) in [5.41, 5.74) is 4.16. The highest BCUT2D eigenvalue weighted by Crippen LogP contribution is 2.46. The van der Waals surface area contributed by atoms with Gasteiger partial charge in [0.25, 0.3) is 11.8 Å². The summed E-state index contributed by atoms with van der Waals surface area (Å²) < 4.78 is 20.3. The number of aliphatic hydroxyl groups is 1. The summed E-state index contributed by atoms with van der Waals surface area (Å²) >= 11 is 0. The number of aliphatic hydroxyl groups excluding tert-OH is 1. The van der Waals surface area contributed by atoms with Crippen LogP contribution in [0.5, 0.6) is 5.75 Å². The van der Waals surface area contributed by atoms with Crippen LogP contribution in [0.3, 0.4) is 0 Å². The molecule has 5 rings (SSSR count). The highest BCUT2D eigenvalue weighted by Gasteiger charge is 2.44. The molecule has 244 valence electrons. The second-order valence-electron chi connectivity index (χ2n) is 13.6. The molecule has 0 aromatic heterocycles. The summed E-state index contributed by atoms with van der Waals surface area (Å²) in [4.78, 5) is 28.1. The van der Waals surface area contributed by atoms with Crippen molar-refractivity contribution in [1.82, 2.24) is 15.5 Å². The normalized spacial score (nSPS) is 19.2. The summed E-state index contributed by atoms with van der Waals surface area (Å²) in [5, 5.41) is 21.5. The van der Waals surface area contributed by atoms with Gasteiger partial charge < -0.3 is 30.7 Å². The van der Waals surface area contributed by atoms with Crippen LogP contribution in [0.4, 0.5) is 10.1 Å². The molecule has 2 aliphatic rings. The molecule has 1 aliphatic carbocycles. The lowest BCUT2D eigenvalue weighted by Gasteiger charge is -2.28. The molecule has 0 radical (unpaired) electrons. The molecular weight excluding hydrogens is 583 g/mol. The molecule has 0 unspecified atom stereocenters. The molecule has 46 heavy (non-hydrogen) atoms. The van der Waals surface area contributed by atoms with Crippen molar-refractivity contribution in [3.05, 3.63) is 106 Å². The SMILES string of the molecule is CN(C)C(=O)c1cc2cc(c1)C(=O)N[C@H]([C@H](O)CNC1(c3cccc(C(C)(C)C)c3)CC1)Cc1ccc(F)c(c1)OC/C=C\CN2. The second-order valence-corrected chi connectivity index (χ2v) is 13.6. The van der Waals surface area contributed by atoms with Gasteiger partial charge >= 0.3 is 0 Å². The Hall–Kier alpha value is -4.21. The predicted octanol–water partition coefficient (Wildman–Crippen LogP) is 5.17. The average molecular weight is 629 g/mol. The van der Waals surface area contributed by atoms with Crippen LogP contribution in [0.1, 0.15) is 71.0 Å². The largest absolute Gasteiger partial charge is 0.486 e. The number of ether oxygens (including phenoxy) is 1. The Labute approximate surface area is 271 Å². The van der Waals surface area contributed by atoms with E-state index in [1.807, 2.05) is 6.08 Å². The number of fused-ring (bicyclic) bond motifs is 4. The molecule has 8 nitrogen and oxygen atoms in total. The van der Waals surface area contributed by atoms with E-state index < -0.39 is 23.9 Å². The second kappa shape index (κ2) is 13.6. The Morgan fingerprint density at radius 1 is 1.11 bits per heavy atom. The smallest absolute Gasteiger partial charge is 0.253 e. The van der Waals surface area contributed by atoms with Crippen molar-refractivity contribution in [3.8, 4) is 5.75 Å². The molecule has 9 heteroatoms. The molecule has 1 saturated carbocycles. The molecule has 4 bridgehead atoms. The van der Waals surface area contributed by atoms with Crippen molar-refractivity contribution in [2.45, 2.75) is 63.1 Å². The van der Waals surface area contributed by atoms with Gasteiger partial charge in [-0.2, -0.15) is 0 Å². The van der Waals surface area contributed by atoms with Crippen LogP contribution in [-0.2, 0) is 17.4 Å². The Morgan fingerprint density at radius 2 is 1.89 bits per heavy atom. The van der Waals surface area contributed by atoms with Crippen molar-refractivity contribution in [2.75, 3.05) is 39.1 Å². The van der Waals surface area contributed by atoms with E-state index in [-0.39, 0.29) is 47.7 Å². The van der Waals surface area contributed by atoms with Crippen LogP contribution in [0, 0.1) is 5.82 Å². The molecule has 3 aromatic carbocycles. The zero-order valence-corrected chi connectivity index (χ0v) is 27.3. The Kier molecular flexibility index (Phi) is 9.84. The molecule has 2 amide bonds. The summed E-state index contributed by atoms with van der Waals surface area (Å²) in [7, 11) is 3.32. The van der Waals surface area contributed by atoms with Crippen molar-refractivity contribution in [2.24, 2.45) is 0 Å². The molecule has 1 fully saturated rings. The zero-order chi connectivity index (χ0) is 33.1. The van der Waals surface area contributed by atoms with Gasteiger partial charge in [0.15, 0.2) is 11.6 Å². The fraction of sp³-hybridized carbons (Fsp3) is 0.405. The van der Waals surface area contributed by atoms with E-state index in [9.17, 15) is 19.1 Å². The number of hydrogen-bond donors (Lipinski definition) is 4. The summed E-state index contributed by atoms with van der Waals surface area (Å²) in [6.45, 7) is 7.37. The zero-order valence-electron chi connectivity index (χ0n) is 27.3. The minimum Gasteiger partial charge on any atom is -0.486 e. The lowest BCUT2D eigenvalue weighted by molar-refractivity contribution is 0.0821. The van der Waals surface area contributed by atoms with Gasteiger partial charge in [-0.05, 0) is 77.8 Å². The molecule has 1 aliphatic heterocycles. The monoisotopic (exact) mass is 628 g/mol. The molecule has 0 spiro atoms. The van der Waals surface area contributed by atoms with Crippen molar-refractivity contribution >= 4 is 17.5 Å². The highest BCUT2D eigenvalue weighted by atomic mass is 19.1. The fourth-order valence-corrected chi connectivity index (χ4v) is 5.70. The number of carbonyl (C=O) groups is 2. The van der Waals surface area contributed by atoms with Gasteiger partial charge in [-0.15, -0.1) is 0 Å². The van der Waals surface area contributed by atoms with Crippen LogP contribution >= 0.6 is 0 Å². The maximum Gasteiger partial charge on any atom is 0.253 e. The maximum atomic E-state index is 14.6. The van der Waals surface area contributed by atoms with Crippen LogP contribution in [0.2, 0.25) is 0 Å². The molecule has 2 atom stereocenters. The van der Waals surface area contributed by atoms with Gasteiger partial charge in [-0.25, -0.2) is 4.39 Å². The van der Waals surface area contributed by atoms with E-state index in [0.29, 0.717) is 23.4 Å². The molecule has 3 aromatic rings. The van der Waals surface area contributed by atoms with Gasteiger partial charge in [-0.1, -0.05) is 57.2 Å². The first kappa shape index (κ1) is 33.2. The van der Waals surface area contributed by atoms with Gasteiger partial charge in [0.2, 0.25) is 0 Å². The van der Waals surface area contributed by atoms with E-state index in [2.05, 4.69) is 61.0 Å².